The third-order valence-corrected chi connectivity index (χ3v) is 3.84. The van der Waals surface area contributed by atoms with E-state index in [9.17, 15) is 0 Å². The van der Waals surface area contributed by atoms with Gasteiger partial charge in [0.25, 0.3) is 0 Å². The molecule has 0 radical (unpaired) electrons. The van der Waals surface area contributed by atoms with Crippen LogP contribution in [0.5, 0.6) is 0 Å². The Morgan fingerprint density at radius 2 is 2.15 bits per heavy atom. The maximum absolute atomic E-state index is 4.66. The SMILES string of the molecule is Cn1cnc(CCNCc2ccn(C3CCCC3)n2)n1. The van der Waals surface area contributed by atoms with Crippen molar-refractivity contribution in [2.45, 2.75) is 44.7 Å². The fraction of sp³-hybridized carbons (Fsp3) is 0.643. The zero-order valence-corrected chi connectivity index (χ0v) is 12.0. The summed E-state index contributed by atoms with van der Waals surface area (Å²) in [5.41, 5.74) is 1.12. The van der Waals surface area contributed by atoms with Crippen LogP contribution < -0.4 is 5.32 Å². The minimum atomic E-state index is 0.626. The van der Waals surface area contributed by atoms with E-state index in [0.29, 0.717) is 6.04 Å². The molecule has 0 aliphatic heterocycles. The van der Waals surface area contributed by atoms with Gasteiger partial charge in [-0.2, -0.15) is 10.2 Å². The Balaban J connectivity index is 1.42. The van der Waals surface area contributed by atoms with Gasteiger partial charge in [-0.25, -0.2) is 4.98 Å². The maximum atomic E-state index is 4.66. The molecule has 6 heteroatoms. The van der Waals surface area contributed by atoms with Crippen molar-refractivity contribution in [2.75, 3.05) is 6.54 Å². The third-order valence-electron chi connectivity index (χ3n) is 3.84. The molecule has 1 saturated carbocycles. The van der Waals surface area contributed by atoms with Gasteiger partial charge < -0.3 is 5.32 Å². The van der Waals surface area contributed by atoms with Crippen molar-refractivity contribution in [2.24, 2.45) is 7.05 Å². The zero-order valence-electron chi connectivity index (χ0n) is 12.0. The molecule has 2 aromatic rings. The highest BCUT2D eigenvalue weighted by Crippen LogP contribution is 2.28. The molecule has 0 spiro atoms. The summed E-state index contributed by atoms with van der Waals surface area (Å²) >= 11 is 0. The first-order chi connectivity index (χ1) is 9.81. The lowest BCUT2D eigenvalue weighted by molar-refractivity contribution is 0.461. The summed E-state index contributed by atoms with van der Waals surface area (Å²) in [5, 5.41) is 12.3. The van der Waals surface area contributed by atoms with Gasteiger partial charge in [0.2, 0.25) is 0 Å². The molecule has 0 aromatic carbocycles. The van der Waals surface area contributed by atoms with Crippen LogP contribution in [0.2, 0.25) is 0 Å². The van der Waals surface area contributed by atoms with Crippen molar-refractivity contribution >= 4 is 0 Å². The molecule has 1 fully saturated rings. The van der Waals surface area contributed by atoms with Gasteiger partial charge in [0.15, 0.2) is 5.82 Å². The molecular formula is C14H22N6. The predicted molar refractivity (Wildman–Crippen MR) is 76.1 cm³/mol. The molecule has 108 valence electrons. The van der Waals surface area contributed by atoms with Crippen LogP contribution in [0.15, 0.2) is 18.6 Å². The molecule has 2 heterocycles. The molecule has 0 unspecified atom stereocenters. The monoisotopic (exact) mass is 274 g/mol. The molecule has 1 aliphatic rings. The maximum Gasteiger partial charge on any atom is 0.151 e. The molecule has 0 atom stereocenters. The molecular weight excluding hydrogens is 252 g/mol. The van der Waals surface area contributed by atoms with E-state index in [1.165, 1.54) is 25.7 Å². The summed E-state index contributed by atoms with van der Waals surface area (Å²) in [4.78, 5) is 4.21. The van der Waals surface area contributed by atoms with Crippen LogP contribution in [-0.4, -0.2) is 31.1 Å². The highest BCUT2D eigenvalue weighted by Gasteiger charge is 2.17. The lowest BCUT2D eigenvalue weighted by Crippen LogP contribution is -2.18. The molecule has 20 heavy (non-hydrogen) atoms. The zero-order chi connectivity index (χ0) is 13.8. The van der Waals surface area contributed by atoms with Crippen molar-refractivity contribution < 1.29 is 0 Å². The summed E-state index contributed by atoms with van der Waals surface area (Å²) < 4.78 is 3.88. The van der Waals surface area contributed by atoms with Gasteiger partial charge >= 0.3 is 0 Å². The average molecular weight is 274 g/mol. The Bertz CT molecular complexity index is 537. The summed E-state index contributed by atoms with van der Waals surface area (Å²) in [6.07, 6.45) is 9.94. The van der Waals surface area contributed by atoms with Crippen LogP contribution in [0, 0.1) is 0 Å². The first-order valence-electron chi connectivity index (χ1n) is 7.40. The second-order valence-electron chi connectivity index (χ2n) is 5.49. The number of hydrogen-bond acceptors (Lipinski definition) is 4. The first kappa shape index (κ1) is 13.3. The molecule has 0 saturated heterocycles. The summed E-state index contributed by atoms with van der Waals surface area (Å²) in [5.74, 6) is 0.886. The Kier molecular flexibility index (Phi) is 4.11. The number of nitrogens with one attached hydrogen (secondary N) is 1. The van der Waals surface area contributed by atoms with E-state index in [1.807, 2.05) is 7.05 Å². The van der Waals surface area contributed by atoms with Crippen molar-refractivity contribution in [3.05, 3.63) is 30.1 Å². The molecule has 0 bridgehead atoms. The average Bonchev–Trinajstić information content (AvgIpc) is 3.16. The van der Waals surface area contributed by atoms with Crippen molar-refractivity contribution in [3.8, 4) is 0 Å². The molecule has 3 rings (SSSR count). The van der Waals surface area contributed by atoms with Gasteiger partial charge in [0.1, 0.15) is 6.33 Å². The van der Waals surface area contributed by atoms with Crippen LogP contribution in [0.4, 0.5) is 0 Å². The van der Waals surface area contributed by atoms with E-state index in [4.69, 9.17) is 0 Å². The van der Waals surface area contributed by atoms with Gasteiger partial charge in [0, 0.05) is 32.8 Å². The van der Waals surface area contributed by atoms with Crippen LogP contribution in [0.3, 0.4) is 0 Å². The minimum absolute atomic E-state index is 0.626. The Hall–Kier alpha value is -1.69. The summed E-state index contributed by atoms with van der Waals surface area (Å²) in [6.45, 7) is 1.69. The minimum Gasteiger partial charge on any atom is -0.311 e. The predicted octanol–water partition coefficient (Wildman–Crippen LogP) is 1.46. The Labute approximate surface area is 119 Å². The van der Waals surface area contributed by atoms with E-state index in [0.717, 1.165) is 31.0 Å². The van der Waals surface area contributed by atoms with Gasteiger partial charge in [-0.1, -0.05) is 12.8 Å². The number of hydrogen-bond donors (Lipinski definition) is 1. The molecule has 2 aromatic heterocycles. The number of aromatic nitrogens is 5. The van der Waals surface area contributed by atoms with E-state index < -0.39 is 0 Å². The van der Waals surface area contributed by atoms with Gasteiger partial charge in [-0.15, -0.1) is 0 Å². The summed E-state index contributed by atoms with van der Waals surface area (Å²) in [6, 6.07) is 2.74. The van der Waals surface area contributed by atoms with Crippen LogP contribution in [0.1, 0.15) is 43.2 Å². The van der Waals surface area contributed by atoms with Gasteiger partial charge in [-0.3, -0.25) is 9.36 Å². The van der Waals surface area contributed by atoms with E-state index in [2.05, 4.69) is 37.4 Å². The summed E-state index contributed by atoms with van der Waals surface area (Å²) in [7, 11) is 1.89. The molecule has 6 nitrogen and oxygen atoms in total. The van der Waals surface area contributed by atoms with Gasteiger partial charge in [0.05, 0.1) is 11.7 Å². The van der Waals surface area contributed by atoms with E-state index >= 15 is 0 Å². The fourth-order valence-corrected chi connectivity index (χ4v) is 2.76. The van der Waals surface area contributed by atoms with Crippen molar-refractivity contribution in [3.63, 3.8) is 0 Å². The first-order valence-corrected chi connectivity index (χ1v) is 7.40. The lowest BCUT2D eigenvalue weighted by atomic mass is 10.3. The van der Waals surface area contributed by atoms with Crippen LogP contribution in [0.25, 0.3) is 0 Å². The van der Waals surface area contributed by atoms with Crippen LogP contribution >= 0.6 is 0 Å². The largest absolute Gasteiger partial charge is 0.311 e. The highest BCUT2D eigenvalue weighted by molar-refractivity contribution is 5.00. The second kappa shape index (κ2) is 6.17. The number of nitrogens with zero attached hydrogens (tertiary/aromatic N) is 5. The molecule has 1 aliphatic carbocycles. The standard InChI is InChI=1S/C14H22N6/c1-19-11-16-14(18-19)6-8-15-10-12-7-9-20(17-12)13-4-2-3-5-13/h7,9,11,13,15H,2-6,8,10H2,1H3. The molecule has 0 amide bonds. The third kappa shape index (κ3) is 3.25. The van der Waals surface area contributed by atoms with Crippen molar-refractivity contribution in [1.82, 2.24) is 29.9 Å². The fourth-order valence-electron chi connectivity index (χ4n) is 2.76. The van der Waals surface area contributed by atoms with E-state index in [-0.39, 0.29) is 0 Å². The smallest absolute Gasteiger partial charge is 0.151 e. The Morgan fingerprint density at radius 3 is 2.90 bits per heavy atom. The lowest BCUT2D eigenvalue weighted by Gasteiger charge is -2.08. The van der Waals surface area contributed by atoms with Gasteiger partial charge in [-0.05, 0) is 18.9 Å². The highest BCUT2D eigenvalue weighted by atomic mass is 15.3. The van der Waals surface area contributed by atoms with Crippen molar-refractivity contribution in [1.29, 1.82) is 0 Å². The topological polar surface area (TPSA) is 60.6 Å². The quantitative estimate of drug-likeness (QED) is 0.810. The Morgan fingerprint density at radius 1 is 1.30 bits per heavy atom. The number of rotatable bonds is 6. The molecule has 1 N–H and O–H groups in total. The second-order valence-corrected chi connectivity index (χ2v) is 5.49. The normalized spacial score (nSPS) is 16.1. The van der Waals surface area contributed by atoms with Crippen LogP contribution in [-0.2, 0) is 20.0 Å². The van der Waals surface area contributed by atoms with E-state index in [1.54, 1.807) is 11.0 Å². The number of aryl methyl sites for hydroxylation is 1.